The number of nitrogens with zero attached hydrogens (tertiary/aromatic N) is 1. The number of fused-ring (bicyclic) bond motifs is 1. The molecule has 0 saturated carbocycles. The molecule has 5 heteroatoms. The van der Waals surface area contributed by atoms with E-state index in [1.807, 2.05) is 48.5 Å². The molecule has 0 aliphatic rings. The molecule has 1 aromatic heterocycles. The number of aromatic nitrogens is 1. The molecular weight excluding hydrogens is 388 g/mol. The number of ether oxygens (including phenoxy) is 2. The van der Waals surface area contributed by atoms with E-state index < -0.39 is 0 Å². The van der Waals surface area contributed by atoms with E-state index in [-0.39, 0.29) is 18.2 Å². The zero-order valence-corrected chi connectivity index (χ0v) is 17.7. The van der Waals surface area contributed by atoms with E-state index in [1.165, 1.54) is 5.56 Å². The molecule has 1 heterocycles. The number of nitrogens with two attached hydrogens (primary N) is 1. The Kier molecular flexibility index (Phi) is 5.94. The average molecular weight is 415 g/mol. The van der Waals surface area contributed by atoms with Gasteiger partial charge in [-0.05, 0) is 34.9 Å². The van der Waals surface area contributed by atoms with Crippen LogP contribution >= 0.6 is 0 Å². The summed E-state index contributed by atoms with van der Waals surface area (Å²) in [6, 6.07) is 24.3. The normalized spacial score (nSPS) is 11.9. The fourth-order valence-corrected chi connectivity index (χ4v) is 4.10. The minimum atomic E-state index is -0.355. The van der Waals surface area contributed by atoms with E-state index in [2.05, 4.69) is 35.0 Å². The minimum absolute atomic E-state index is 0.190. The molecule has 0 unspecified atom stereocenters. The second-order valence-corrected chi connectivity index (χ2v) is 7.58. The Morgan fingerprint density at radius 2 is 1.58 bits per heavy atom. The molecule has 0 saturated heterocycles. The Balaban J connectivity index is 1.86. The first-order chi connectivity index (χ1) is 15.1. The van der Waals surface area contributed by atoms with Crippen molar-refractivity contribution in [2.75, 3.05) is 14.2 Å². The highest BCUT2D eigenvalue weighted by molar-refractivity contribution is 5.86. The summed E-state index contributed by atoms with van der Waals surface area (Å²) in [5.41, 5.74) is 9.99. The Labute approximate surface area is 182 Å². The predicted octanol–water partition coefficient (Wildman–Crippen LogP) is 4.71. The van der Waals surface area contributed by atoms with E-state index in [1.54, 1.807) is 14.2 Å². The van der Waals surface area contributed by atoms with Crippen LogP contribution in [0.3, 0.4) is 0 Å². The van der Waals surface area contributed by atoms with E-state index in [0.717, 1.165) is 28.6 Å². The molecule has 0 fully saturated rings. The summed E-state index contributed by atoms with van der Waals surface area (Å²) < 4.78 is 13.1. The molecule has 5 nitrogen and oxygen atoms in total. The molecule has 1 atom stereocenters. The number of hydrogen-bond acceptors (Lipinski definition) is 3. The maximum Gasteiger partial charge on any atom is 0.218 e. The average Bonchev–Trinajstić information content (AvgIpc) is 3.15. The molecule has 158 valence electrons. The lowest BCUT2D eigenvalue weighted by Crippen LogP contribution is -2.16. The summed E-state index contributed by atoms with van der Waals surface area (Å²) >= 11 is 0. The van der Waals surface area contributed by atoms with Gasteiger partial charge in [0.1, 0.15) is 11.5 Å². The lowest BCUT2D eigenvalue weighted by Gasteiger charge is -2.18. The van der Waals surface area contributed by atoms with E-state index in [0.29, 0.717) is 11.5 Å². The smallest absolute Gasteiger partial charge is 0.218 e. The standard InChI is InChI=1S/C26H26N2O3/c1-30-20-12-19(13-21(14-20)31-2)23(15-26(27)29)24-17-28(16-18-8-4-3-5-9-18)25-11-7-6-10-22(24)25/h3-14,17,23H,15-16H2,1-2H3,(H2,27,29)/t23-/m1/s1. The molecule has 1 amide bonds. The first-order valence-corrected chi connectivity index (χ1v) is 10.2. The van der Waals surface area contributed by atoms with Gasteiger partial charge in [0.25, 0.3) is 0 Å². The number of amides is 1. The third-order valence-corrected chi connectivity index (χ3v) is 5.57. The van der Waals surface area contributed by atoms with Gasteiger partial charge in [-0.15, -0.1) is 0 Å². The number of methoxy groups -OCH3 is 2. The first kappa shape index (κ1) is 20.5. The van der Waals surface area contributed by atoms with Crippen LogP contribution in [0, 0.1) is 0 Å². The van der Waals surface area contributed by atoms with Crippen LogP contribution in [-0.4, -0.2) is 24.7 Å². The van der Waals surface area contributed by atoms with Crippen LogP contribution in [0.25, 0.3) is 10.9 Å². The molecule has 0 aliphatic heterocycles. The molecule has 0 spiro atoms. The Bertz CT molecular complexity index is 1180. The van der Waals surface area contributed by atoms with Crippen molar-refractivity contribution in [3.63, 3.8) is 0 Å². The summed E-state index contributed by atoms with van der Waals surface area (Å²) in [7, 11) is 3.24. The van der Waals surface area contributed by atoms with Crippen LogP contribution < -0.4 is 15.2 Å². The monoisotopic (exact) mass is 414 g/mol. The molecule has 4 aromatic rings. The number of benzene rings is 3. The maximum atomic E-state index is 12.1. The van der Waals surface area contributed by atoms with Gasteiger partial charge < -0.3 is 19.8 Å². The second kappa shape index (κ2) is 8.96. The predicted molar refractivity (Wildman–Crippen MR) is 123 cm³/mol. The van der Waals surface area contributed by atoms with Gasteiger partial charge in [-0.25, -0.2) is 0 Å². The largest absolute Gasteiger partial charge is 0.497 e. The van der Waals surface area contributed by atoms with Crippen molar-refractivity contribution in [1.82, 2.24) is 4.57 Å². The maximum absolute atomic E-state index is 12.1. The van der Waals surface area contributed by atoms with Crippen LogP contribution in [0.1, 0.15) is 29.0 Å². The second-order valence-electron chi connectivity index (χ2n) is 7.58. The Morgan fingerprint density at radius 1 is 0.935 bits per heavy atom. The van der Waals surface area contributed by atoms with Crippen molar-refractivity contribution in [3.8, 4) is 11.5 Å². The number of carbonyl (C=O) groups is 1. The van der Waals surface area contributed by atoms with Crippen molar-refractivity contribution < 1.29 is 14.3 Å². The molecular formula is C26H26N2O3. The van der Waals surface area contributed by atoms with Crippen molar-refractivity contribution in [3.05, 3.63) is 95.7 Å². The highest BCUT2D eigenvalue weighted by atomic mass is 16.5. The summed E-state index contributed by atoms with van der Waals surface area (Å²) in [5, 5.41) is 1.10. The van der Waals surface area contributed by atoms with Crippen molar-refractivity contribution in [1.29, 1.82) is 0 Å². The fourth-order valence-electron chi connectivity index (χ4n) is 4.10. The lowest BCUT2D eigenvalue weighted by molar-refractivity contribution is -0.118. The van der Waals surface area contributed by atoms with Crippen LogP contribution in [-0.2, 0) is 11.3 Å². The molecule has 2 N–H and O–H groups in total. The SMILES string of the molecule is COc1cc(OC)cc([C@@H](CC(N)=O)c2cn(Cc3ccccc3)c3ccccc23)c1. The van der Waals surface area contributed by atoms with Gasteiger partial charge in [0.05, 0.1) is 14.2 Å². The van der Waals surface area contributed by atoms with Gasteiger partial charge in [-0.1, -0.05) is 48.5 Å². The summed E-state index contributed by atoms with van der Waals surface area (Å²) in [6.07, 6.45) is 2.33. The van der Waals surface area contributed by atoms with Crippen LogP contribution in [0.2, 0.25) is 0 Å². The zero-order chi connectivity index (χ0) is 21.8. The number of rotatable bonds is 8. The zero-order valence-electron chi connectivity index (χ0n) is 17.7. The topological polar surface area (TPSA) is 66.5 Å². The van der Waals surface area contributed by atoms with Gasteiger partial charge in [-0.3, -0.25) is 4.79 Å². The first-order valence-electron chi connectivity index (χ1n) is 10.2. The number of para-hydroxylation sites is 1. The third-order valence-electron chi connectivity index (χ3n) is 5.57. The molecule has 0 aliphatic carbocycles. The summed E-state index contributed by atoms with van der Waals surface area (Å²) in [6.45, 7) is 0.742. The Hall–Kier alpha value is -3.73. The van der Waals surface area contributed by atoms with Gasteiger partial charge in [-0.2, -0.15) is 0 Å². The number of primary amides is 1. The van der Waals surface area contributed by atoms with Gasteiger partial charge in [0, 0.05) is 42.0 Å². The highest BCUT2D eigenvalue weighted by Gasteiger charge is 2.23. The van der Waals surface area contributed by atoms with Crippen LogP contribution in [0.15, 0.2) is 79.0 Å². The number of carbonyl (C=O) groups excluding carboxylic acids is 1. The van der Waals surface area contributed by atoms with Gasteiger partial charge in [0.15, 0.2) is 0 Å². The molecule has 0 radical (unpaired) electrons. The molecule has 31 heavy (non-hydrogen) atoms. The summed E-state index contributed by atoms with van der Waals surface area (Å²) in [5.74, 6) is 0.781. The van der Waals surface area contributed by atoms with Crippen LogP contribution in [0.4, 0.5) is 0 Å². The summed E-state index contributed by atoms with van der Waals surface area (Å²) in [4.78, 5) is 12.1. The van der Waals surface area contributed by atoms with Crippen LogP contribution in [0.5, 0.6) is 11.5 Å². The molecule has 4 rings (SSSR count). The highest BCUT2D eigenvalue weighted by Crippen LogP contribution is 2.38. The fraction of sp³-hybridized carbons (Fsp3) is 0.192. The van der Waals surface area contributed by atoms with Crippen molar-refractivity contribution >= 4 is 16.8 Å². The molecule has 3 aromatic carbocycles. The lowest BCUT2D eigenvalue weighted by atomic mass is 9.87. The number of hydrogen-bond donors (Lipinski definition) is 1. The van der Waals surface area contributed by atoms with E-state index in [9.17, 15) is 4.79 Å². The minimum Gasteiger partial charge on any atom is -0.497 e. The Morgan fingerprint density at radius 3 is 2.23 bits per heavy atom. The quantitative estimate of drug-likeness (QED) is 0.454. The van der Waals surface area contributed by atoms with Gasteiger partial charge >= 0.3 is 0 Å². The van der Waals surface area contributed by atoms with E-state index >= 15 is 0 Å². The van der Waals surface area contributed by atoms with Gasteiger partial charge in [0.2, 0.25) is 5.91 Å². The van der Waals surface area contributed by atoms with E-state index in [4.69, 9.17) is 15.2 Å². The third kappa shape index (κ3) is 4.40. The van der Waals surface area contributed by atoms with Crippen molar-refractivity contribution in [2.24, 2.45) is 5.73 Å². The van der Waals surface area contributed by atoms with Crippen molar-refractivity contribution in [2.45, 2.75) is 18.9 Å². The molecule has 0 bridgehead atoms.